The van der Waals surface area contributed by atoms with Crippen molar-refractivity contribution in [3.63, 3.8) is 0 Å². The molecule has 3 fully saturated rings. The highest BCUT2D eigenvalue weighted by molar-refractivity contribution is 5.91. The Hall–Kier alpha value is -1.89. The standard InChI is InChI=1S/C39H65NO14/c1-11-29-25(19-49-38-36(48-10)35(47-9)33(46)23(5)51-38)37-39(6,54-37)14-12-27(42)20(2)16-24(13-15-41)34(21(3)28(43)18-30(44)52-29)53-31-17-26(40(7)8)32(45)22(4)50-31/h12,14-15,20-26,28-29,31-38,43,45-46H,11,13,16-19H2,1-10H3/b14-12+/t20-,21+,22-,23-,24+,25-,26-,28-,29-,31+,32-,33-,34-,35-,36-,37?,38-,39?/m1/s1. The zero-order valence-electron chi connectivity index (χ0n) is 33.6. The average molecular weight is 772 g/mol. The number of carbonyl (C=O) groups is 3. The molecule has 0 aliphatic carbocycles. The molecule has 310 valence electrons. The van der Waals surface area contributed by atoms with Gasteiger partial charge in [0.2, 0.25) is 0 Å². The van der Waals surface area contributed by atoms with E-state index < -0.39 is 109 Å². The van der Waals surface area contributed by atoms with Gasteiger partial charge in [0.15, 0.2) is 18.4 Å². The van der Waals surface area contributed by atoms with Crippen molar-refractivity contribution in [2.24, 2.45) is 23.7 Å². The summed E-state index contributed by atoms with van der Waals surface area (Å²) >= 11 is 0. The molecule has 0 aromatic heterocycles. The van der Waals surface area contributed by atoms with Gasteiger partial charge in [-0.05, 0) is 65.8 Å². The predicted molar refractivity (Wildman–Crippen MR) is 194 cm³/mol. The molecule has 54 heavy (non-hydrogen) atoms. The zero-order chi connectivity index (χ0) is 40.1. The van der Waals surface area contributed by atoms with Crippen LogP contribution in [0.25, 0.3) is 0 Å². The third-order valence-electron chi connectivity index (χ3n) is 11.9. The molecule has 4 rings (SSSR count). The van der Waals surface area contributed by atoms with Crippen molar-refractivity contribution in [1.29, 1.82) is 0 Å². The van der Waals surface area contributed by atoms with Gasteiger partial charge in [0.1, 0.15) is 36.3 Å². The fraction of sp³-hybridized carbons (Fsp3) is 0.872. The maximum Gasteiger partial charge on any atom is 0.308 e. The number of nitrogens with zero attached hydrogens (tertiary/aromatic N) is 1. The van der Waals surface area contributed by atoms with Gasteiger partial charge in [0, 0.05) is 50.9 Å². The van der Waals surface area contributed by atoms with Gasteiger partial charge in [-0.2, -0.15) is 0 Å². The number of epoxide rings is 1. The number of fused-ring (bicyclic) bond motifs is 1. The second-order valence-corrected chi connectivity index (χ2v) is 16.1. The van der Waals surface area contributed by atoms with Crippen LogP contribution in [0.2, 0.25) is 0 Å². The summed E-state index contributed by atoms with van der Waals surface area (Å²) in [5, 5.41) is 33.0. The smallest absolute Gasteiger partial charge is 0.308 e. The van der Waals surface area contributed by atoms with Crippen LogP contribution in [0.3, 0.4) is 0 Å². The number of esters is 1. The van der Waals surface area contributed by atoms with E-state index in [1.54, 1.807) is 33.8 Å². The summed E-state index contributed by atoms with van der Waals surface area (Å²) in [6, 6.07) is -0.269. The van der Waals surface area contributed by atoms with Gasteiger partial charge in [0.25, 0.3) is 0 Å². The molecular formula is C39H65NO14. The lowest BCUT2D eigenvalue weighted by atomic mass is 9.79. The van der Waals surface area contributed by atoms with Crippen LogP contribution >= 0.6 is 0 Å². The van der Waals surface area contributed by atoms with Crippen LogP contribution in [-0.2, 0) is 52.3 Å². The van der Waals surface area contributed by atoms with Crippen molar-refractivity contribution in [2.75, 3.05) is 34.9 Å². The molecule has 3 N–H and O–H groups in total. The van der Waals surface area contributed by atoms with Gasteiger partial charge in [-0.3, -0.25) is 9.59 Å². The SMILES string of the molecule is CC[C@H]1OC(=O)C[C@@H](O)[C@H](C)[C@@H](O[C@H]2C[C@@H](N(C)C)[C@H](O)[C@@H](C)O2)[C@@H](CC=O)C[C@@H](C)C(=O)/C=C/C2(C)OC2[C@@H]1CO[C@@H]1O[C@H](C)[C@@H](O)[C@@H](OC)[C@H]1OC. The maximum atomic E-state index is 13.6. The van der Waals surface area contributed by atoms with Crippen LogP contribution < -0.4 is 0 Å². The molecule has 4 aliphatic heterocycles. The highest BCUT2D eigenvalue weighted by atomic mass is 16.7. The van der Waals surface area contributed by atoms with E-state index in [9.17, 15) is 29.7 Å². The van der Waals surface area contributed by atoms with E-state index in [0.717, 1.165) is 6.29 Å². The summed E-state index contributed by atoms with van der Waals surface area (Å²) < 4.78 is 48.4. The van der Waals surface area contributed by atoms with E-state index >= 15 is 0 Å². The molecule has 0 aromatic carbocycles. The van der Waals surface area contributed by atoms with Crippen LogP contribution in [-0.4, -0.2) is 158 Å². The van der Waals surface area contributed by atoms with Gasteiger partial charge in [-0.1, -0.05) is 20.8 Å². The fourth-order valence-corrected chi connectivity index (χ4v) is 8.33. The largest absolute Gasteiger partial charge is 0.462 e. The summed E-state index contributed by atoms with van der Waals surface area (Å²) in [5.41, 5.74) is -0.878. The Kier molecular flexibility index (Phi) is 16.2. The van der Waals surface area contributed by atoms with Gasteiger partial charge in [0.05, 0.1) is 49.7 Å². The van der Waals surface area contributed by atoms with E-state index in [-0.39, 0.29) is 37.7 Å². The first-order valence-electron chi connectivity index (χ1n) is 19.4. The predicted octanol–water partition coefficient (Wildman–Crippen LogP) is 1.80. The molecule has 0 aromatic rings. The second-order valence-electron chi connectivity index (χ2n) is 16.1. The fourth-order valence-electron chi connectivity index (χ4n) is 8.33. The monoisotopic (exact) mass is 771 g/mol. The third-order valence-corrected chi connectivity index (χ3v) is 11.9. The van der Waals surface area contributed by atoms with Crippen molar-refractivity contribution in [3.05, 3.63) is 12.2 Å². The number of rotatable bonds is 11. The number of likely N-dealkylation sites (N-methyl/N-ethyl adjacent to an activating group) is 1. The minimum Gasteiger partial charge on any atom is -0.462 e. The highest BCUT2D eigenvalue weighted by Gasteiger charge is 2.57. The summed E-state index contributed by atoms with van der Waals surface area (Å²) in [6.07, 6.45) is -4.59. The number of carbonyl (C=O) groups excluding carboxylic acids is 3. The zero-order valence-corrected chi connectivity index (χ0v) is 33.6. The summed E-state index contributed by atoms with van der Waals surface area (Å²) in [5.74, 6) is -3.04. The van der Waals surface area contributed by atoms with Gasteiger partial charge >= 0.3 is 5.97 Å². The van der Waals surface area contributed by atoms with E-state index in [2.05, 4.69) is 0 Å². The van der Waals surface area contributed by atoms with Crippen molar-refractivity contribution < 1.29 is 67.6 Å². The first-order valence-corrected chi connectivity index (χ1v) is 19.4. The van der Waals surface area contributed by atoms with Gasteiger partial charge in [-0.25, -0.2) is 0 Å². The van der Waals surface area contributed by atoms with Crippen LogP contribution in [0, 0.1) is 23.7 Å². The second kappa shape index (κ2) is 19.5. The summed E-state index contributed by atoms with van der Waals surface area (Å²) in [6.45, 7) is 10.7. The maximum absolute atomic E-state index is 13.6. The van der Waals surface area contributed by atoms with Crippen LogP contribution in [0.15, 0.2) is 12.2 Å². The van der Waals surface area contributed by atoms with Crippen LogP contribution in [0.1, 0.15) is 73.6 Å². The topological polar surface area (TPSA) is 192 Å². The highest BCUT2D eigenvalue weighted by Crippen LogP contribution is 2.45. The van der Waals surface area contributed by atoms with Crippen molar-refractivity contribution in [2.45, 2.75) is 159 Å². The molecule has 15 heteroatoms. The molecule has 4 heterocycles. The lowest BCUT2D eigenvalue weighted by Gasteiger charge is -2.44. The number of methoxy groups -OCH3 is 2. The minimum atomic E-state index is -1.24. The lowest BCUT2D eigenvalue weighted by molar-refractivity contribution is -0.305. The average Bonchev–Trinajstić information content (AvgIpc) is 3.80. The normalized spacial score (nSPS) is 46.1. The van der Waals surface area contributed by atoms with Crippen LogP contribution in [0.5, 0.6) is 0 Å². The Labute approximate surface area is 319 Å². The molecular weight excluding hydrogens is 706 g/mol. The number of ketones is 1. The van der Waals surface area contributed by atoms with Crippen LogP contribution in [0.4, 0.5) is 0 Å². The molecule has 3 saturated heterocycles. The number of allylic oxidation sites excluding steroid dienone is 1. The summed E-state index contributed by atoms with van der Waals surface area (Å²) in [7, 11) is 6.68. The molecule has 0 amide bonds. The van der Waals surface area contributed by atoms with Crippen molar-refractivity contribution in [1.82, 2.24) is 4.90 Å². The Balaban J connectivity index is 1.62. The Morgan fingerprint density at radius 1 is 0.963 bits per heavy atom. The number of aliphatic hydroxyl groups is 3. The Morgan fingerprint density at radius 2 is 1.63 bits per heavy atom. The number of aldehydes is 1. The molecule has 4 aliphatic rings. The van der Waals surface area contributed by atoms with Crippen molar-refractivity contribution in [3.8, 4) is 0 Å². The summed E-state index contributed by atoms with van der Waals surface area (Å²) in [4.78, 5) is 41.2. The lowest BCUT2D eigenvalue weighted by Crippen LogP contribution is -2.59. The molecule has 18 atom stereocenters. The number of hydrogen-bond acceptors (Lipinski definition) is 15. The number of ether oxygens (including phenoxy) is 8. The Bertz CT molecular complexity index is 1270. The first-order chi connectivity index (χ1) is 25.5. The van der Waals surface area contributed by atoms with E-state index in [1.807, 2.05) is 32.8 Å². The van der Waals surface area contributed by atoms with E-state index in [1.165, 1.54) is 20.3 Å². The molecule has 0 spiro atoms. The quantitative estimate of drug-likeness (QED) is 0.156. The Morgan fingerprint density at radius 3 is 2.24 bits per heavy atom. The van der Waals surface area contributed by atoms with E-state index in [4.69, 9.17) is 37.9 Å². The molecule has 0 saturated carbocycles. The minimum absolute atomic E-state index is 0.0126. The molecule has 15 nitrogen and oxygen atoms in total. The number of hydrogen-bond donors (Lipinski definition) is 3. The van der Waals surface area contributed by atoms with Gasteiger partial charge < -0.3 is 62.9 Å². The van der Waals surface area contributed by atoms with E-state index in [0.29, 0.717) is 12.8 Å². The number of aliphatic hydroxyl groups excluding tert-OH is 3. The molecule has 2 unspecified atom stereocenters. The van der Waals surface area contributed by atoms with Gasteiger partial charge in [-0.15, -0.1) is 0 Å². The first kappa shape index (κ1) is 44.8. The number of cyclic esters (lactones) is 1. The third kappa shape index (κ3) is 10.5. The molecule has 0 bridgehead atoms. The van der Waals surface area contributed by atoms with Crippen molar-refractivity contribution >= 4 is 18.0 Å². The molecule has 0 radical (unpaired) electrons.